The number of morpholine rings is 1. The van der Waals surface area contributed by atoms with Crippen molar-refractivity contribution < 1.29 is 18.3 Å². The summed E-state index contributed by atoms with van der Waals surface area (Å²) in [4.78, 5) is 29.2. The number of likely N-dealkylation sites (tertiary alicyclic amines) is 1. The third-order valence-corrected chi connectivity index (χ3v) is 7.58. The van der Waals surface area contributed by atoms with Crippen LogP contribution in [0.2, 0.25) is 0 Å². The van der Waals surface area contributed by atoms with E-state index in [1.165, 1.54) is 5.56 Å². The number of aromatic amines is 1. The first kappa shape index (κ1) is 23.3. The largest absolute Gasteiger partial charge is 0.378 e. The van der Waals surface area contributed by atoms with Gasteiger partial charge in [0.05, 0.1) is 31.1 Å². The first-order chi connectivity index (χ1) is 17.4. The Morgan fingerprint density at radius 1 is 1.19 bits per heavy atom. The van der Waals surface area contributed by atoms with Crippen LogP contribution in [0.3, 0.4) is 0 Å². The van der Waals surface area contributed by atoms with E-state index >= 15 is 0 Å². The molecule has 36 heavy (non-hydrogen) atoms. The number of H-pyrrole nitrogens is 1. The number of carbonyl (C=O) groups is 1. The minimum atomic E-state index is -2.67. The van der Waals surface area contributed by atoms with Crippen molar-refractivity contribution in [3.05, 3.63) is 46.8 Å². The number of halogens is 2. The van der Waals surface area contributed by atoms with Crippen LogP contribution in [0.4, 0.5) is 13.6 Å². The van der Waals surface area contributed by atoms with Crippen molar-refractivity contribution in [2.75, 3.05) is 39.4 Å². The van der Waals surface area contributed by atoms with Gasteiger partial charge in [-0.2, -0.15) is 0 Å². The average molecular weight is 497 g/mol. The Kier molecular flexibility index (Phi) is 5.88. The predicted molar refractivity (Wildman–Crippen MR) is 131 cm³/mol. The summed E-state index contributed by atoms with van der Waals surface area (Å²) >= 11 is 0. The Balaban J connectivity index is 1.33. The van der Waals surface area contributed by atoms with E-state index in [0.29, 0.717) is 32.7 Å². The van der Waals surface area contributed by atoms with Gasteiger partial charge in [-0.3, -0.25) is 0 Å². The molecule has 2 aromatic heterocycles. The fourth-order valence-electron chi connectivity index (χ4n) is 5.46. The van der Waals surface area contributed by atoms with Crippen LogP contribution in [0, 0.1) is 6.92 Å². The maximum Gasteiger partial charge on any atom is 0.320 e. The molecular formula is C26H30F2N6O2. The molecule has 1 atom stereocenters. The molecule has 10 heteroatoms. The monoisotopic (exact) mass is 496 g/mol. The summed E-state index contributed by atoms with van der Waals surface area (Å²) in [6, 6.07) is 4.14. The number of hydrogen-bond acceptors (Lipinski definition) is 5. The Labute approximate surface area is 208 Å². The zero-order chi connectivity index (χ0) is 24.9. The Morgan fingerprint density at radius 2 is 2.03 bits per heavy atom. The van der Waals surface area contributed by atoms with Crippen molar-refractivity contribution in [3.8, 4) is 11.3 Å². The van der Waals surface area contributed by atoms with E-state index in [0.717, 1.165) is 45.7 Å². The lowest BCUT2D eigenvalue weighted by Gasteiger charge is -2.38. The summed E-state index contributed by atoms with van der Waals surface area (Å²) in [5.41, 5.74) is 7.84. The molecule has 3 aromatic rings. The highest BCUT2D eigenvalue weighted by atomic mass is 19.3. The molecule has 1 aromatic carbocycles. The second kappa shape index (κ2) is 9.08. The summed E-state index contributed by atoms with van der Waals surface area (Å²) < 4.78 is 33.0. The van der Waals surface area contributed by atoms with Gasteiger partial charge in [0.1, 0.15) is 5.52 Å². The molecule has 190 valence electrons. The van der Waals surface area contributed by atoms with Gasteiger partial charge in [0.15, 0.2) is 5.65 Å². The molecule has 2 N–H and O–H groups in total. The molecule has 3 aliphatic heterocycles. The van der Waals surface area contributed by atoms with E-state index in [1.807, 2.05) is 13.1 Å². The maximum atomic E-state index is 13.6. The molecule has 0 radical (unpaired) electrons. The van der Waals surface area contributed by atoms with Gasteiger partial charge in [0, 0.05) is 57.3 Å². The lowest BCUT2D eigenvalue weighted by atomic mass is 9.88. The van der Waals surface area contributed by atoms with E-state index < -0.39 is 5.92 Å². The van der Waals surface area contributed by atoms with Crippen LogP contribution >= 0.6 is 0 Å². The van der Waals surface area contributed by atoms with Crippen molar-refractivity contribution >= 4 is 17.2 Å². The summed E-state index contributed by atoms with van der Waals surface area (Å²) in [7, 11) is 0. The lowest BCUT2D eigenvalue weighted by molar-refractivity contribution is -0.0493. The van der Waals surface area contributed by atoms with Crippen molar-refractivity contribution in [2.24, 2.45) is 0 Å². The van der Waals surface area contributed by atoms with Crippen molar-refractivity contribution in [2.45, 2.75) is 44.7 Å². The SMILES string of the molecule is Cc1c[nH]c2ncc(-c3cc4c(c([C@@H]5COCCN5)c3)CN(C(=O)N3CCC(F)(F)CC3)CC4)nc12. The quantitative estimate of drug-likeness (QED) is 0.564. The maximum absolute atomic E-state index is 13.6. The van der Waals surface area contributed by atoms with Gasteiger partial charge < -0.3 is 24.8 Å². The van der Waals surface area contributed by atoms with Crippen LogP contribution in [0.25, 0.3) is 22.4 Å². The first-order valence-corrected chi connectivity index (χ1v) is 12.6. The van der Waals surface area contributed by atoms with E-state index in [4.69, 9.17) is 9.72 Å². The third-order valence-electron chi connectivity index (χ3n) is 7.58. The van der Waals surface area contributed by atoms with Crippen LogP contribution in [0.15, 0.2) is 24.5 Å². The highest BCUT2D eigenvalue weighted by molar-refractivity contribution is 5.78. The molecule has 0 unspecified atom stereocenters. The molecule has 2 amide bonds. The molecular weight excluding hydrogens is 466 g/mol. The number of benzene rings is 1. The Morgan fingerprint density at radius 3 is 2.81 bits per heavy atom. The molecule has 5 heterocycles. The molecule has 6 rings (SSSR count). The summed E-state index contributed by atoms with van der Waals surface area (Å²) in [6.45, 7) is 5.17. The van der Waals surface area contributed by atoms with Gasteiger partial charge in [-0.15, -0.1) is 0 Å². The van der Waals surface area contributed by atoms with E-state index in [2.05, 4.69) is 27.4 Å². The number of rotatable bonds is 2. The number of carbonyl (C=O) groups excluding carboxylic acids is 1. The summed E-state index contributed by atoms with van der Waals surface area (Å²) in [6.07, 6.45) is 3.85. The van der Waals surface area contributed by atoms with Gasteiger partial charge in [0.25, 0.3) is 5.92 Å². The molecule has 0 saturated carbocycles. The molecule has 8 nitrogen and oxygen atoms in total. The highest BCUT2D eigenvalue weighted by Crippen LogP contribution is 2.34. The number of urea groups is 1. The first-order valence-electron chi connectivity index (χ1n) is 12.6. The number of aromatic nitrogens is 3. The Hall–Kier alpha value is -3.11. The molecule has 0 bridgehead atoms. The molecule has 2 fully saturated rings. The van der Waals surface area contributed by atoms with Gasteiger partial charge in [-0.05, 0) is 47.7 Å². The van der Waals surface area contributed by atoms with Gasteiger partial charge in [-0.25, -0.2) is 23.5 Å². The number of fused-ring (bicyclic) bond motifs is 2. The van der Waals surface area contributed by atoms with Crippen LogP contribution in [-0.4, -0.2) is 76.1 Å². The van der Waals surface area contributed by atoms with Crippen LogP contribution < -0.4 is 5.32 Å². The second-order valence-corrected chi connectivity index (χ2v) is 10.0. The number of amides is 2. The highest BCUT2D eigenvalue weighted by Gasteiger charge is 2.37. The topological polar surface area (TPSA) is 86.4 Å². The normalized spacial score (nSPS) is 22.0. The molecule has 0 spiro atoms. The average Bonchev–Trinajstić information content (AvgIpc) is 3.27. The standard InChI is InChI=1S/C26H30F2N6O2/c1-16-12-30-24-23(16)32-21(13-31-24)18-10-17-2-6-34(25(35)33-7-3-26(27,28)4-8-33)14-20(17)19(11-18)22-15-36-9-5-29-22/h10-13,22,29H,2-9,14-15H2,1H3,(H,30,31)/t22-/m0/s1. The van der Waals surface area contributed by atoms with Crippen molar-refractivity contribution in [1.29, 1.82) is 0 Å². The number of aryl methyl sites for hydroxylation is 1. The number of alkyl halides is 2. The number of ether oxygens (including phenoxy) is 1. The third kappa shape index (κ3) is 4.32. The molecule has 0 aliphatic carbocycles. The van der Waals surface area contributed by atoms with Gasteiger partial charge in [-0.1, -0.05) is 0 Å². The number of nitrogens with one attached hydrogen (secondary N) is 2. The van der Waals surface area contributed by atoms with E-state index in [1.54, 1.807) is 16.0 Å². The summed E-state index contributed by atoms with van der Waals surface area (Å²) in [5, 5.41) is 3.55. The number of nitrogens with zero attached hydrogens (tertiary/aromatic N) is 4. The zero-order valence-electron chi connectivity index (χ0n) is 20.3. The van der Waals surface area contributed by atoms with Crippen LogP contribution in [-0.2, 0) is 17.7 Å². The number of hydrogen-bond donors (Lipinski definition) is 2. The minimum Gasteiger partial charge on any atom is -0.378 e. The lowest BCUT2D eigenvalue weighted by Crippen LogP contribution is -2.50. The second-order valence-electron chi connectivity index (χ2n) is 10.0. The fourth-order valence-corrected chi connectivity index (χ4v) is 5.46. The van der Waals surface area contributed by atoms with Gasteiger partial charge >= 0.3 is 6.03 Å². The van der Waals surface area contributed by atoms with Crippen LogP contribution in [0.5, 0.6) is 0 Å². The van der Waals surface area contributed by atoms with E-state index in [9.17, 15) is 13.6 Å². The van der Waals surface area contributed by atoms with Crippen molar-refractivity contribution in [1.82, 2.24) is 30.1 Å². The van der Waals surface area contributed by atoms with Crippen LogP contribution in [0.1, 0.15) is 41.1 Å². The fraction of sp³-hybridized carbons (Fsp3) is 0.500. The molecule has 3 aliphatic rings. The molecule has 2 saturated heterocycles. The zero-order valence-corrected chi connectivity index (χ0v) is 20.3. The minimum absolute atomic E-state index is 0.00173. The van der Waals surface area contributed by atoms with E-state index in [-0.39, 0.29) is 38.0 Å². The van der Waals surface area contributed by atoms with Crippen molar-refractivity contribution in [3.63, 3.8) is 0 Å². The predicted octanol–water partition coefficient (Wildman–Crippen LogP) is 3.80. The smallest absolute Gasteiger partial charge is 0.320 e. The van der Waals surface area contributed by atoms with Gasteiger partial charge in [0.2, 0.25) is 0 Å². The Bertz CT molecular complexity index is 1290. The summed E-state index contributed by atoms with van der Waals surface area (Å²) in [5.74, 6) is -2.67. The number of piperidine rings is 1.